The Balaban J connectivity index is 2.35. The van der Waals surface area contributed by atoms with Gasteiger partial charge in [0.15, 0.2) is 0 Å². The fourth-order valence-corrected chi connectivity index (χ4v) is 2.02. The van der Waals surface area contributed by atoms with Crippen LogP contribution in [-0.4, -0.2) is 11.1 Å². The largest absolute Gasteiger partial charge is 0.290 e. The maximum absolute atomic E-state index is 11.2. The molecule has 5 heteroatoms. The number of imide groups is 1. The number of halogens is 1. The van der Waals surface area contributed by atoms with E-state index in [1.54, 1.807) is 24.3 Å². The number of thioether (sulfide) groups is 1. The zero-order valence-electron chi connectivity index (χ0n) is 7.49. The fraction of sp³-hybridized carbons (Fsp3) is 0. The first-order valence-electron chi connectivity index (χ1n) is 4.16. The first-order chi connectivity index (χ1) is 7.16. The van der Waals surface area contributed by atoms with Crippen molar-refractivity contribution in [2.45, 2.75) is 0 Å². The summed E-state index contributed by atoms with van der Waals surface area (Å²) in [6, 6.07) is 7.13. The van der Waals surface area contributed by atoms with Crippen LogP contribution in [-0.2, 0) is 4.79 Å². The molecule has 1 N–H and O–H groups in total. The lowest BCUT2D eigenvalue weighted by Crippen LogP contribution is -2.17. The van der Waals surface area contributed by atoms with E-state index in [1.807, 2.05) is 6.07 Å². The van der Waals surface area contributed by atoms with Gasteiger partial charge in [-0.25, -0.2) is 0 Å². The minimum atomic E-state index is -0.370. The Bertz CT molecular complexity index is 470. The van der Waals surface area contributed by atoms with Crippen LogP contribution in [0.2, 0.25) is 5.02 Å². The molecule has 76 valence electrons. The molecule has 1 aliphatic heterocycles. The Kier molecular flexibility index (Phi) is 2.79. The molecule has 0 spiro atoms. The van der Waals surface area contributed by atoms with Crippen molar-refractivity contribution in [3.63, 3.8) is 0 Å². The molecule has 0 atom stereocenters. The van der Waals surface area contributed by atoms with Crippen molar-refractivity contribution in [2.24, 2.45) is 0 Å². The quantitative estimate of drug-likeness (QED) is 0.767. The van der Waals surface area contributed by atoms with E-state index in [4.69, 9.17) is 11.6 Å². The second-order valence-electron chi connectivity index (χ2n) is 2.87. The highest BCUT2D eigenvalue weighted by molar-refractivity contribution is 8.18. The van der Waals surface area contributed by atoms with Crippen molar-refractivity contribution in [3.8, 4) is 0 Å². The van der Waals surface area contributed by atoms with Gasteiger partial charge < -0.3 is 0 Å². The normalized spacial score (nSPS) is 18.3. The summed E-state index contributed by atoms with van der Waals surface area (Å²) < 4.78 is 0. The Labute approximate surface area is 95.5 Å². The van der Waals surface area contributed by atoms with Crippen LogP contribution in [0.1, 0.15) is 5.56 Å². The third-order valence-corrected chi connectivity index (χ3v) is 2.99. The van der Waals surface area contributed by atoms with Crippen molar-refractivity contribution in [3.05, 3.63) is 39.8 Å². The van der Waals surface area contributed by atoms with E-state index in [-0.39, 0.29) is 11.1 Å². The average Bonchev–Trinajstić information content (AvgIpc) is 2.49. The number of benzene rings is 1. The molecule has 0 unspecified atom stereocenters. The van der Waals surface area contributed by atoms with Crippen LogP contribution in [0.15, 0.2) is 29.2 Å². The van der Waals surface area contributed by atoms with Crippen LogP contribution in [0, 0.1) is 0 Å². The molecule has 0 bridgehead atoms. The van der Waals surface area contributed by atoms with Crippen LogP contribution in [0.5, 0.6) is 0 Å². The van der Waals surface area contributed by atoms with Gasteiger partial charge in [0.05, 0.1) is 4.91 Å². The topological polar surface area (TPSA) is 46.2 Å². The molecule has 2 rings (SSSR count). The van der Waals surface area contributed by atoms with Crippen LogP contribution < -0.4 is 5.32 Å². The lowest BCUT2D eigenvalue weighted by molar-refractivity contribution is -0.115. The molecule has 1 saturated heterocycles. The third-order valence-electron chi connectivity index (χ3n) is 1.83. The highest BCUT2D eigenvalue weighted by atomic mass is 35.5. The van der Waals surface area contributed by atoms with Crippen LogP contribution in [0.4, 0.5) is 4.79 Å². The van der Waals surface area contributed by atoms with Crippen molar-refractivity contribution < 1.29 is 9.59 Å². The molecule has 1 aromatic rings. The fourth-order valence-electron chi connectivity index (χ4n) is 1.15. The smallest absolute Gasteiger partial charge is 0.282 e. The van der Waals surface area contributed by atoms with Gasteiger partial charge in [-0.2, -0.15) is 0 Å². The predicted octanol–water partition coefficient (Wildman–Crippen LogP) is 2.66. The van der Waals surface area contributed by atoms with Crippen molar-refractivity contribution in [2.75, 3.05) is 0 Å². The number of rotatable bonds is 1. The molecule has 1 fully saturated rings. The molecule has 2 amide bonds. The minimum Gasteiger partial charge on any atom is -0.282 e. The van der Waals surface area contributed by atoms with Crippen molar-refractivity contribution in [1.29, 1.82) is 0 Å². The minimum absolute atomic E-state index is 0.349. The van der Waals surface area contributed by atoms with E-state index in [9.17, 15) is 9.59 Å². The number of carbonyl (C=O) groups is 2. The molecular formula is C10H6ClNO2S. The standard InChI is InChI=1S/C10H6ClNO2S/c11-7-4-2-1-3-6(7)5-8-9(13)12-10(14)15-8/h1-5H,(H,12,13,14)/b8-5-. The molecule has 1 heterocycles. The molecule has 0 aliphatic carbocycles. The SMILES string of the molecule is O=C1NC(=O)/C(=C/c2ccccc2Cl)S1. The van der Waals surface area contributed by atoms with Crippen molar-refractivity contribution in [1.82, 2.24) is 5.32 Å². The summed E-state index contributed by atoms with van der Waals surface area (Å²) in [6.45, 7) is 0. The maximum Gasteiger partial charge on any atom is 0.290 e. The highest BCUT2D eigenvalue weighted by Gasteiger charge is 2.25. The van der Waals surface area contributed by atoms with E-state index in [0.717, 1.165) is 17.3 Å². The first kappa shape index (κ1) is 10.3. The highest BCUT2D eigenvalue weighted by Crippen LogP contribution is 2.27. The van der Waals surface area contributed by atoms with Crippen LogP contribution >= 0.6 is 23.4 Å². The molecule has 15 heavy (non-hydrogen) atoms. The Morgan fingerprint density at radius 1 is 1.27 bits per heavy atom. The van der Waals surface area contributed by atoms with E-state index < -0.39 is 0 Å². The van der Waals surface area contributed by atoms with Gasteiger partial charge in [-0.15, -0.1) is 0 Å². The predicted molar refractivity (Wildman–Crippen MR) is 60.6 cm³/mol. The lowest BCUT2D eigenvalue weighted by Gasteiger charge is -1.97. The summed E-state index contributed by atoms with van der Waals surface area (Å²) in [5, 5.41) is 2.38. The van der Waals surface area contributed by atoms with Gasteiger partial charge in [0.1, 0.15) is 0 Å². The van der Waals surface area contributed by atoms with Gasteiger partial charge in [0.2, 0.25) is 0 Å². The third kappa shape index (κ3) is 2.22. The second kappa shape index (κ2) is 4.08. The molecule has 1 aliphatic rings. The van der Waals surface area contributed by atoms with E-state index >= 15 is 0 Å². The molecule has 0 aromatic heterocycles. The number of hydrogen-bond acceptors (Lipinski definition) is 3. The average molecular weight is 240 g/mol. The zero-order chi connectivity index (χ0) is 10.8. The maximum atomic E-state index is 11.2. The molecule has 0 radical (unpaired) electrons. The van der Waals surface area contributed by atoms with Gasteiger partial charge in [0.25, 0.3) is 11.1 Å². The first-order valence-corrected chi connectivity index (χ1v) is 5.35. The number of amides is 2. The van der Waals surface area contributed by atoms with Gasteiger partial charge in [-0.1, -0.05) is 29.8 Å². The van der Waals surface area contributed by atoms with Gasteiger partial charge >= 0.3 is 0 Å². The van der Waals surface area contributed by atoms with E-state index in [0.29, 0.717) is 9.93 Å². The van der Waals surface area contributed by atoms with Crippen molar-refractivity contribution >= 4 is 40.6 Å². The van der Waals surface area contributed by atoms with Gasteiger partial charge in [0, 0.05) is 5.02 Å². The Hall–Kier alpha value is -1.26. The van der Waals surface area contributed by atoms with E-state index in [1.165, 1.54) is 0 Å². The molecule has 0 saturated carbocycles. The lowest BCUT2D eigenvalue weighted by atomic mass is 10.2. The number of carbonyl (C=O) groups excluding carboxylic acids is 2. The van der Waals surface area contributed by atoms with Gasteiger partial charge in [-0.3, -0.25) is 14.9 Å². The number of nitrogens with one attached hydrogen (secondary N) is 1. The summed E-state index contributed by atoms with van der Waals surface area (Å²) in [7, 11) is 0. The monoisotopic (exact) mass is 239 g/mol. The second-order valence-corrected chi connectivity index (χ2v) is 4.30. The summed E-state index contributed by atoms with van der Waals surface area (Å²) in [5.41, 5.74) is 0.728. The van der Waals surface area contributed by atoms with Crippen LogP contribution in [0.3, 0.4) is 0 Å². The summed E-state index contributed by atoms with van der Waals surface area (Å²) in [6.07, 6.45) is 1.60. The zero-order valence-corrected chi connectivity index (χ0v) is 9.06. The summed E-state index contributed by atoms with van der Waals surface area (Å²) >= 11 is 6.80. The molecule has 3 nitrogen and oxygen atoms in total. The summed E-state index contributed by atoms with van der Waals surface area (Å²) in [5.74, 6) is -0.370. The number of hydrogen-bond donors (Lipinski definition) is 1. The van der Waals surface area contributed by atoms with E-state index in [2.05, 4.69) is 5.32 Å². The Morgan fingerprint density at radius 3 is 2.60 bits per heavy atom. The van der Waals surface area contributed by atoms with Crippen LogP contribution in [0.25, 0.3) is 6.08 Å². The molecular weight excluding hydrogens is 234 g/mol. The Morgan fingerprint density at radius 2 is 2.00 bits per heavy atom. The molecule has 1 aromatic carbocycles. The van der Waals surface area contributed by atoms with Gasteiger partial charge in [-0.05, 0) is 29.5 Å². The summed E-state index contributed by atoms with van der Waals surface area (Å²) in [4.78, 5) is 22.5.